The normalized spacial score (nSPS) is 12.5. The molecule has 0 spiro atoms. The van der Waals surface area contributed by atoms with Crippen molar-refractivity contribution in [3.05, 3.63) is 17.5 Å². The monoisotopic (exact) mass is 182 g/mol. The summed E-state index contributed by atoms with van der Waals surface area (Å²) in [5, 5.41) is 12.5. The highest BCUT2D eigenvalue weighted by Crippen LogP contribution is 2.09. The number of hydrogen-bond acceptors (Lipinski definition) is 3. The SMILES string of the molecule is Cc1cc(C=O)nn1C(C)C(=O)O. The van der Waals surface area contributed by atoms with Crippen LogP contribution in [0.2, 0.25) is 0 Å². The molecule has 1 aromatic heterocycles. The van der Waals surface area contributed by atoms with Gasteiger partial charge in [-0.05, 0) is 19.9 Å². The van der Waals surface area contributed by atoms with Crippen molar-refractivity contribution < 1.29 is 14.7 Å². The lowest BCUT2D eigenvalue weighted by Gasteiger charge is -2.07. The van der Waals surface area contributed by atoms with Gasteiger partial charge >= 0.3 is 5.97 Å². The third-order valence-electron chi connectivity index (χ3n) is 1.79. The molecule has 0 bridgehead atoms. The van der Waals surface area contributed by atoms with Crippen LogP contribution in [0, 0.1) is 6.92 Å². The average Bonchev–Trinajstić information content (AvgIpc) is 2.45. The largest absolute Gasteiger partial charge is 0.480 e. The number of carboxylic acids is 1. The van der Waals surface area contributed by atoms with E-state index >= 15 is 0 Å². The second-order valence-electron chi connectivity index (χ2n) is 2.79. The molecule has 1 aromatic rings. The van der Waals surface area contributed by atoms with E-state index in [1.165, 1.54) is 11.6 Å². The molecule has 0 aliphatic heterocycles. The van der Waals surface area contributed by atoms with E-state index in [2.05, 4.69) is 5.10 Å². The molecular weight excluding hydrogens is 172 g/mol. The lowest BCUT2D eigenvalue weighted by molar-refractivity contribution is -0.140. The minimum atomic E-state index is -0.969. The summed E-state index contributed by atoms with van der Waals surface area (Å²) < 4.78 is 1.31. The molecule has 0 aromatic carbocycles. The number of hydrogen-bond donors (Lipinski definition) is 1. The first-order valence-corrected chi connectivity index (χ1v) is 3.80. The predicted octanol–water partition coefficient (Wildman–Crippen LogP) is 0.650. The molecule has 13 heavy (non-hydrogen) atoms. The topological polar surface area (TPSA) is 72.2 Å². The van der Waals surface area contributed by atoms with Crippen LogP contribution in [0.3, 0.4) is 0 Å². The van der Waals surface area contributed by atoms with Crippen LogP contribution in [0.5, 0.6) is 0 Å². The Hall–Kier alpha value is -1.65. The fraction of sp³-hybridized carbons (Fsp3) is 0.375. The summed E-state index contributed by atoms with van der Waals surface area (Å²) in [7, 11) is 0. The number of carbonyl (C=O) groups excluding carboxylic acids is 1. The van der Waals surface area contributed by atoms with Crippen LogP contribution in [0.15, 0.2) is 6.07 Å². The molecule has 0 fully saturated rings. The van der Waals surface area contributed by atoms with E-state index in [4.69, 9.17) is 5.11 Å². The van der Waals surface area contributed by atoms with Gasteiger partial charge in [-0.3, -0.25) is 9.48 Å². The van der Waals surface area contributed by atoms with Crippen LogP contribution < -0.4 is 0 Å². The number of aliphatic carboxylic acids is 1. The maximum atomic E-state index is 10.6. The number of aromatic nitrogens is 2. The molecule has 0 aliphatic carbocycles. The Morgan fingerprint density at radius 1 is 1.77 bits per heavy atom. The first-order chi connectivity index (χ1) is 6.06. The van der Waals surface area contributed by atoms with Crippen molar-refractivity contribution in [1.82, 2.24) is 9.78 Å². The quantitative estimate of drug-likeness (QED) is 0.696. The minimum absolute atomic E-state index is 0.255. The van der Waals surface area contributed by atoms with E-state index in [0.29, 0.717) is 12.0 Å². The van der Waals surface area contributed by atoms with E-state index < -0.39 is 12.0 Å². The van der Waals surface area contributed by atoms with Crippen molar-refractivity contribution in [2.24, 2.45) is 0 Å². The summed E-state index contributed by atoms with van der Waals surface area (Å²) in [6.45, 7) is 3.22. The predicted molar refractivity (Wildman–Crippen MR) is 44.7 cm³/mol. The van der Waals surface area contributed by atoms with Gasteiger partial charge in [-0.1, -0.05) is 0 Å². The summed E-state index contributed by atoms with van der Waals surface area (Å²) >= 11 is 0. The zero-order chi connectivity index (χ0) is 10.0. The van der Waals surface area contributed by atoms with Crippen LogP contribution in [0.4, 0.5) is 0 Å². The van der Waals surface area contributed by atoms with Crippen LogP contribution >= 0.6 is 0 Å². The van der Waals surface area contributed by atoms with Crippen LogP contribution in [0.25, 0.3) is 0 Å². The Balaban J connectivity index is 3.06. The summed E-state index contributed by atoms with van der Waals surface area (Å²) in [6, 6.07) is 0.806. The number of rotatable bonds is 3. The molecule has 1 N–H and O–H groups in total. The van der Waals surface area contributed by atoms with Crippen molar-refractivity contribution in [1.29, 1.82) is 0 Å². The van der Waals surface area contributed by atoms with Gasteiger partial charge in [0.05, 0.1) is 0 Å². The molecule has 0 amide bonds. The Bertz CT molecular complexity index is 343. The second-order valence-corrected chi connectivity index (χ2v) is 2.79. The van der Waals surface area contributed by atoms with Gasteiger partial charge in [0, 0.05) is 5.69 Å². The molecule has 0 radical (unpaired) electrons. The minimum Gasteiger partial charge on any atom is -0.480 e. The van der Waals surface area contributed by atoms with Crippen LogP contribution in [0.1, 0.15) is 29.1 Å². The molecule has 5 heteroatoms. The van der Waals surface area contributed by atoms with Gasteiger partial charge < -0.3 is 5.11 Å². The summed E-state index contributed by atoms with van der Waals surface area (Å²) in [6.07, 6.45) is 0.595. The fourth-order valence-corrected chi connectivity index (χ4v) is 1.07. The van der Waals surface area contributed by atoms with Gasteiger partial charge in [-0.25, -0.2) is 4.79 Å². The second kappa shape index (κ2) is 3.38. The standard InChI is InChI=1S/C8H10N2O3/c1-5-3-7(4-11)9-10(5)6(2)8(12)13/h3-4,6H,1-2H3,(H,12,13). The zero-order valence-corrected chi connectivity index (χ0v) is 7.39. The van der Waals surface area contributed by atoms with E-state index in [9.17, 15) is 9.59 Å². The summed E-state index contributed by atoms with van der Waals surface area (Å²) in [5.74, 6) is -0.969. The highest BCUT2D eigenvalue weighted by Gasteiger charge is 2.16. The van der Waals surface area contributed by atoms with Gasteiger partial charge in [0.15, 0.2) is 6.29 Å². The third-order valence-corrected chi connectivity index (χ3v) is 1.79. The highest BCUT2D eigenvalue weighted by molar-refractivity contribution is 5.73. The first kappa shape index (κ1) is 9.44. The maximum Gasteiger partial charge on any atom is 0.328 e. The molecular formula is C8H10N2O3. The third kappa shape index (κ3) is 1.74. The summed E-state index contributed by atoms with van der Waals surface area (Å²) in [5.41, 5.74) is 0.919. The van der Waals surface area contributed by atoms with Crippen molar-refractivity contribution in [3.63, 3.8) is 0 Å². The molecule has 1 atom stereocenters. The number of carbonyl (C=O) groups is 2. The Morgan fingerprint density at radius 3 is 2.77 bits per heavy atom. The molecule has 0 aliphatic rings. The van der Waals surface area contributed by atoms with Gasteiger partial charge in [-0.15, -0.1) is 0 Å². The number of aryl methyl sites for hydroxylation is 1. The molecule has 1 unspecified atom stereocenters. The number of carboxylic acid groups (broad SMARTS) is 1. The first-order valence-electron chi connectivity index (χ1n) is 3.80. The molecule has 70 valence electrons. The fourth-order valence-electron chi connectivity index (χ4n) is 1.07. The van der Waals surface area contributed by atoms with Crippen molar-refractivity contribution in [3.8, 4) is 0 Å². The van der Waals surface area contributed by atoms with E-state index in [1.54, 1.807) is 13.0 Å². The van der Waals surface area contributed by atoms with Crippen molar-refractivity contribution in [2.75, 3.05) is 0 Å². The smallest absolute Gasteiger partial charge is 0.328 e. The molecule has 0 saturated carbocycles. The zero-order valence-electron chi connectivity index (χ0n) is 7.39. The Labute approximate surface area is 75.0 Å². The Kier molecular flexibility index (Phi) is 2.46. The van der Waals surface area contributed by atoms with Gasteiger partial charge in [0.25, 0.3) is 0 Å². The molecule has 0 saturated heterocycles. The lowest BCUT2D eigenvalue weighted by atomic mass is 10.3. The van der Waals surface area contributed by atoms with E-state index in [0.717, 1.165) is 0 Å². The molecule has 1 heterocycles. The van der Waals surface area contributed by atoms with Crippen LogP contribution in [-0.2, 0) is 4.79 Å². The van der Waals surface area contributed by atoms with Crippen molar-refractivity contribution in [2.45, 2.75) is 19.9 Å². The Morgan fingerprint density at radius 2 is 2.38 bits per heavy atom. The average molecular weight is 182 g/mol. The van der Waals surface area contributed by atoms with Gasteiger partial charge in [-0.2, -0.15) is 5.10 Å². The number of aldehydes is 1. The summed E-state index contributed by atoms with van der Waals surface area (Å²) in [4.78, 5) is 20.9. The van der Waals surface area contributed by atoms with Crippen molar-refractivity contribution >= 4 is 12.3 Å². The molecule has 1 rings (SSSR count). The van der Waals surface area contributed by atoms with E-state index in [-0.39, 0.29) is 5.69 Å². The highest BCUT2D eigenvalue weighted by atomic mass is 16.4. The van der Waals surface area contributed by atoms with Gasteiger partial charge in [0.1, 0.15) is 11.7 Å². The van der Waals surface area contributed by atoms with Gasteiger partial charge in [0.2, 0.25) is 0 Å². The lowest BCUT2D eigenvalue weighted by Crippen LogP contribution is -2.18. The van der Waals surface area contributed by atoms with Crippen LogP contribution in [-0.4, -0.2) is 27.1 Å². The number of nitrogens with zero attached hydrogens (tertiary/aromatic N) is 2. The molecule has 5 nitrogen and oxygen atoms in total. The maximum absolute atomic E-state index is 10.6. The van der Waals surface area contributed by atoms with E-state index in [1.807, 2.05) is 0 Å².